The fraction of sp³-hybridized carbons (Fsp3) is 0.333. The van der Waals surface area contributed by atoms with Crippen molar-refractivity contribution in [2.24, 2.45) is 5.92 Å². The maximum absolute atomic E-state index is 12.7. The predicted molar refractivity (Wildman–Crippen MR) is 184 cm³/mol. The molecule has 1 aliphatic heterocycles. The molecule has 4 aromatic carbocycles. The van der Waals surface area contributed by atoms with Crippen LogP contribution in [0.4, 0.5) is 4.79 Å². The zero-order chi connectivity index (χ0) is 33.9. The highest BCUT2D eigenvalue weighted by Gasteiger charge is 2.38. The Morgan fingerprint density at radius 1 is 0.812 bits per heavy atom. The van der Waals surface area contributed by atoms with Crippen molar-refractivity contribution in [2.75, 3.05) is 20.7 Å². The lowest BCUT2D eigenvalue weighted by atomic mass is 9.90. The summed E-state index contributed by atoms with van der Waals surface area (Å²) in [6, 6.07) is 34.3. The summed E-state index contributed by atoms with van der Waals surface area (Å²) in [5.74, 6) is -0.440. The number of hydrogen-bond acceptors (Lipinski definition) is 7. The van der Waals surface area contributed by atoms with E-state index in [1.807, 2.05) is 84.9 Å². The number of benzene rings is 4. The monoisotopic (exact) mass is 651 g/mol. The number of likely N-dealkylation sites (N-methyl/N-ethyl adjacent to an activating group) is 1. The van der Waals surface area contributed by atoms with Crippen molar-refractivity contribution < 1.29 is 28.9 Å². The van der Waals surface area contributed by atoms with Gasteiger partial charge in [-0.05, 0) is 34.9 Å². The van der Waals surface area contributed by atoms with Gasteiger partial charge in [0.25, 0.3) is 0 Å². The van der Waals surface area contributed by atoms with E-state index in [2.05, 4.69) is 53.8 Å². The Labute approximate surface area is 282 Å². The number of carbonyl (C=O) groups is 2. The molecule has 0 saturated carbocycles. The van der Waals surface area contributed by atoms with E-state index >= 15 is 0 Å². The molecule has 48 heavy (non-hydrogen) atoms. The van der Waals surface area contributed by atoms with Crippen molar-refractivity contribution in [3.63, 3.8) is 0 Å². The molecular formula is C39H45N3O6. The second-order valence-electron chi connectivity index (χ2n) is 12.3. The Hall–Kier alpha value is -4.54. The maximum Gasteiger partial charge on any atom is 0.328 e. The second-order valence-corrected chi connectivity index (χ2v) is 12.3. The first-order chi connectivity index (χ1) is 23.3. The molecular weight excluding hydrogens is 606 g/mol. The molecule has 3 N–H and O–H groups in total. The quantitative estimate of drug-likeness (QED) is 0.160. The Morgan fingerprint density at radius 3 is 2.04 bits per heavy atom. The van der Waals surface area contributed by atoms with Gasteiger partial charge in [-0.25, -0.2) is 9.59 Å². The summed E-state index contributed by atoms with van der Waals surface area (Å²) in [7, 11) is 3.41. The molecule has 0 radical (unpaired) electrons. The number of nitrogens with one attached hydrogen (secondary N) is 2. The van der Waals surface area contributed by atoms with Gasteiger partial charge < -0.3 is 30.0 Å². The molecule has 1 saturated heterocycles. The van der Waals surface area contributed by atoms with E-state index in [9.17, 15) is 14.7 Å². The summed E-state index contributed by atoms with van der Waals surface area (Å²) in [5, 5.41) is 15.1. The molecule has 5 rings (SSSR count). The molecule has 5 atom stereocenters. The van der Waals surface area contributed by atoms with Gasteiger partial charge in [0.05, 0.1) is 25.9 Å². The minimum Gasteiger partial charge on any atom is -0.467 e. The number of aliphatic hydroxyl groups is 1. The first-order valence-electron chi connectivity index (χ1n) is 16.3. The van der Waals surface area contributed by atoms with Crippen molar-refractivity contribution in [1.82, 2.24) is 15.5 Å². The van der Waals surface area contributed by atoms with Gasteiger partial charge in [-0.3, -0.25) is 4.90 Å². The van der Waals surface area contributed by atoms with E-state index in [-0.39, 0.29) is 31.3 Å². The summed E-state index contributed by atoms with van der Waals surface area (Å²) in [5.41, 5.74) is 5.79. The average molecular weight is 652 g/mol. The van der Waals surface area contributed by atoms with Gasteiger partial charge in [0.2, 0.25) is 0 Å². The lowest BCUT2D eigenvalue weighted by Gasteiger charge is -2.42. The molecule has 1 fully saturated rings. The fourth-order valence-electron chi connectivity index (χ4n) is 5.96. The topological polar surface area (TPSA) is 109 Å². The number of esters is 1. The zero-order valence-corrected chi connectivity index (χ0v) is 27.8. The molecule has 0 aromatic heterocycles. The van der Waals surface area contributed by atoms with Crippen molar-refractivity contribution >= 4 is 12.0 Å². The highest BCUT2D eigenvalue weighted by molar-refractivity contribution is 5.83. The number of urea groups is 1. The van der Waals surface area contributed by atoms with Crippen LogP contribution in [0.5, 0.6) is 0 Å². The molecule has 4 aromatic rings. The number of rotatable bonds is 13. The van der Waals surface area contributed by atoms with Gasteiger partial charge in [-0.2, -0.15) is 0 Å². The van der Waals surface area contributed by atoms with Crippen LogP contribution in [0, 0.1) is 5.92 Å². The Balaban J connectivity index is 1.24. The van der Waals surface area contributed by atoms with Crippen molar-refractivity contribution in [3.8, 4) is 0 Å². The van der Waals surface area contributed by atoms with Crippen LogP contribution in [-0.2, 0) is 45.1 Å². The van der Waals surface area contributed by atoms with E-state index in [0.717, 1.165) is 40.9 Å². The van der Waals surface area contributed by atoms with Crippen LogP contribution in [0.2, 0.25) is 0 Å². The highest BCUT2D eigenvalue weighted by atomic mass is 16.7. The summed E-state index contributed by atoms with van der Waals surface area (Å²) in [4.78, 5) is 27.4. The molecule has 1 heterocycles. The molecule has 9 nitrogen and oxygen atoms in total. The van der Waals surface area contributed by atoms with Crippen LogP contribution in [-0.4, -0.2) is 54.9 Å². The van der Waals surface area contributed by atoms with Gasteiger partial charge in [0.15, 0.2) is 6.29 Å². The molecule has 0 aliphatic carbocycles. The molecule has 5 unspecified atom stereocenters. The first kappa shape index (κ1) is 34.8. The summed E-state index contributed by atoms with van der Waals surface area (Å²) in [6.07, 6.45) is -0.590. The SMILES string of the molecule is COC(=O)C(Cc1ccccc1)NC(=O)NCc1ccc(C2OC(CN(C)Cc3ccccc3)C(C)C(c3ccc(CO)cc3)O2)cc1. The minimum atomic E-state index is -0.810. The van der Waals surface area contributed by atoms with E-state index in [0.29, 0.717) is 6.42 Å². The second kappa shape index (κ2) is 17.0. The number of carbonyl (C=O) groups excluding carboxylic acids is 2. The first-order valence-corrected chi connectivity index (χ1v) is 16.3. The molecule has 9 heteroatoms. The molecule has 0 bridgehead atoms. The van der Waals surface area contributed by atoms with Gasteiger partial charge in [0.1, 0.15) is 6.04 Å². The van der Waals surface area contributed by atoms with Gasteiger partial charge >= 0.3 is 12.0 Å². The number of hydrogen-bond donors (Lipinski definition) is 3. The maximum atomic E-state index is 12.7. The van der Waals surface area contributed by atoms with Crippen LogP contribution in [0.25, 0.3) is 0 Å². The number of nitrogens with zero attached hydrogens (tertiary/aromatic N) is 1. The lowest BCUT2D eigenvalue weighted by Crippen LogP contribution is -2.47. The van der Waals surface area contributed by atoms with E-state index < -0.39 is 24.3 Å². The van der Waals surface area contributed by atoms with Crippen molar-refractivity contribution in [3.05, 3.63) is 143 Å². The largest absolute Gasteiger partial charge is 0.467 e. The fourth-order valence-corrected chi connectivity index (χ4v) is 5.96. The summed E-state index contributed by atoms with van der Waals surface area (Å²) >= 11 is 0. The number of ether oxygens (including phenoxy) is 3. The standard InChI is InChI=1S/C39H45N3O6/c1-27-35(25-42(2)24-30-12-8-5-9-13-30)47-38(48-36(27)32-18-16-31(26-43)17-19-32)33-20-14-29(15-21-33)23-40-39(45)41-34(37(44)46-3)22-28-10-6-4-7-11-28/h4-21,27,34-36,38,43H,22-26H2,1-3H3,(H2,40,41,45). The van der Waals surface area contributed by atoms with Crippen molar-refractivity contribution in [1.29, 1.82) is 0 Å². The molecule has 252 valence electrons. The number of amides is 2. The smallest absolute Gasteiger partial charge is 0.328 e. The van der Waals surface area contributed by atoms with Crippen LogP contribution in [0.15, 0.2) is 109 Å². The lowest BCUT2D eigenvalue weighted by molar-refractivity contribution is -0.276. The van der Waals surface area contributed by atoms with Gasteiger partial charge in [-0.15, -0.1) is 0 Å². The summed E-state index contributed by atoms with van der Waals surface area (Å²) < 4.78 is 18.1. The molecule has 2 amide bonds. The normalized spacial score (nSPS) is 19.8. The molecule has 1 aliphatic rings. The number of aliphatic hydroxyl groups excluding tert-OH is 1. The van der Waals surface area contributed by atoms with E-state index in [1.54, 1.807) is 0 Å². The Bertz CT molecular complexity index is 1580. The Morgan fingerprint density at radius 2 is 1.42 bits per heavy atom. The van der Waals surface area contributed by atoms with Gasteiger partial charge in [-0.1, -0.05) is 116 Å². The number of methoxy groups -OCH3 is 1. The molecule has 0 spiro atoms. The third kappa shape index (κ3) is 9.51. The third-order valence-corrected chi connectivity index (χ3v) is 8.69. The van der Waals surface area contributed by atoms with Crippen LogP contribution in [0.3, 0.4) is 0 Å². The van der Waals surface area contributed by atoms with Crippen molar-refractivity contribution in [2.45, 2.75) is 57.6 Å². The van der Waals surface area contributed by atoms with E-state index in [4.69, 9.17) is 14.2 Å². The predicted octanol–water partition coefficient (Wildman–Crippen LogP) is 5.69. The summed E-state index contributed by atoms with van der Waals surface area (Å²) in [6.45, 7) is 3.93. The zero-order valence-electron chi connectivity index (χ0n) is 27.8. The van der Waals surface area contributed by atoms with E-state index in [1.165, 1.54) is 12.7 Å². The minimum absolute atomic E-state index is 0.0115. The third-order valence-electron chi connectivity index (χ3n) is 8.69. The van der Waals surface area contributed by atoms with Crippen LogP contribution in [0.1, 0.15) is 52.7 Å². The Kier molecular flexibility index (Phi) is 12.3. The highest BCUT2D eigenvalue weighted by Crippen LogP contribution is 2.42. The average Bonchev–Trinajstić information content (AvgIpc) is 3.12. The van der Waals surface area contributed by atoms with Crippen LogP contribution >= 0.6 is 0 Å². The van der Waals surface area contributed by atoms with Crippen LogP contribution < -0.4 is 10.6 Å². The van der Waals surface area contributed by atoms with Gasteiger partial charge in [0, 0.05) is 37.5 Å².